The maximum atomic E-state index is 12.8. The van der Waals surface area contributed by atoms with Crippen LogP contribution in [0.3, 0.4) is 0 Å². The Morgan fingerprint density at radius 1 is 0.938 bits per heavy atom. The minimum absolute atomic E-state index is 0.161. The molecule has 32 heavy (non-hydrogen) atoms. The third-order valence-corrected chi connectivity index (χ3v) is 7.04. The van der Waals surface area contributed by atoms with Gasteiger partial charge in [0.05, 0.1) is 0 Å². The molecule has 0 bridgehead atoms. The lowest BCUT2D eigenvalue weighted by Gasteiger charge is -2.31. The summed E-state index contributed by atoms with van der Waals surface area (Å²) in [4.78, 5) is 0. The van der Waals surface area contributed by atoms with Gasteiger partial charge in [-0.2, -0.15) is 9.65 Å². The van der Waals surface area contributed by atoms with Crippen LogP contribution < -0.4 is 4.74 Å². The molecule has 2 fully saturated rings. The molecule has 0 saturated heterocycles. The van der Waals surface area contributed by atoms with Gasteiger partial charge in [0.2, 0.25) is 0 Å². The number of nitriles is 1. The Labute approximate surface area is 188 Å². The van der Waals surface area contributed by atoms with Crippen LogP contribution in [0.25, 0.3) is 0 Å². The number of ether oxygens (including phenoxy) is 1. The molecule has 0 aromatic heterocycles. The van der Waals surface area contributed by atoms with Gasteiger partial charge >= 0.3 is 6.36 Å². The fourth-order valence-electron chi connectivity index (χ4n) is 5.20. The van der Waals surface area contributed by atoms with E-state index in [2.05, 4.69) is 4.74 Å². The monoisotopic (exact) mass is 449 g/mol. The van der Waals surface area contributed by atoms with Crippen LogP contribution in [0.15, 0.2) is 48.3 Å². The SMILES string of the molecule is N#C/C(F)=C/C=C/C1CCC(CCC2CCC(c3ccc(OC(F)(F)F)cc3)CC2)CC1. The second kappa shape index (κ2) is 11.5. The van der Waals surface area contributed by atoms with Crippen molar-refractivity contribution in [3.8, 4) is 11.8 Å². The lowest BCUT2D eigenvalue weighted by molar-refractivity contribution is -0.274. The normalized spacial score (nSPS) is 27.3. The van der Waals surface area contributed by atoms with Crippen LogP contribution in [0.2, 0.25) is 0 Å². The minimum Gasteiger partial charge on any atom is -0.406 e. The van der Waals surface area contributed by atoms with Crippen LogP contribution in [-0.2, 0) is 0 Å². The summed E-state index contributed by atoms with van der Waals surface area (Å²) < 4.78 is 53.7. The molecule has 0 radical (unpaired) electrons. The molecule has 174 valence electrons. The van der Waals surface area contributed by atoms with Crippen molar-refractivity contribution >= 4 is 0 Å². The Balaban J connectivity index is 1.34. The number of hydrogen-bond donors (Lipinski definition) is 0. The molecule has 2 nitrogen and oxygen atoms in total. The van der Waals surface area contributed by atoms with Gasteiger partial charge in [0.15, 0.2) is 5.83 Å². The summed E-state index contributed by atoms with van der Waals surface area (Å²) in [5.74, 6) is 1.51. The molecule has 1 aromatic carbocycles. The molecule has 0 aliphatic heterocycles. The number of alkyl halides is 3. The molecule has 6 heteroatoms. The third kappa shape index (κ3) is 8.00. The number of nitrogens with zero attached hydrogens (tertiary/aromatic N) is 1. The van der Waals surface area contributed by atoms with E-state index >= 15 is 0 Å². The Bertz CT molecular complexity index is 806. The molecule has 3 rings (SSSR count). The van der Waals surface area contributed by atoms with E-state index in [1.54, 1.807) is 18.2 Å². The van der Waals surface area contributed by atoms with Crippen LogP contribution in [0.5, 0.6) is 5.75 Å². The molecule has 0 spiro atoms. The molecule has 0 heterocycles. The molecule has 1 aromatic rings. The second-order valence-corrected chi connectivity index (χ2v) is 9.20. The van der Waals surface area contributed by atoms with Gasteiger partial charge in [0, 0.05) is 0 Å². The first-order chi connectivity index (χ1) is 15.3. The van der Waals surface area contributed by atoms with Crippen LogP contribution in [-0.4, -0.2) is 6.36 Å². The molecular formula is C26H31F4NO. The highest BCUT2D eigenvalue weighted by atomic mass is 19.4. The van der Waals surface area contributed by atoms with Gasteiger partial charge in [-0.3, -0.25) is 0 Å². The van der Waals surface area contributed by atoms with Crippen molar-refractivity contribution in [2.75, 3.05) is 0 Å². The maximum Gasteiger partial charge on any atom is 0.573 e. The van der Waals surface area contributed by atoms with Crippen LogP contribution >= 0.6 is 0 Å². The fraction of sp³-hybridized carbons (Fsp3) is 0.577. The molecule has 2 saturated carbocycles. The predicted octanol–water partition coefficient (Wildman–Crippen LogP) is 8.38. The van der Waals surface area contributed by atoms with Gasteiger partial charge in [0.25, 0.3) is 0 Å². The summed E-state index contributed by atoms with van der Waals surface area (Å²) in [7, 11) is 0. The largest absolute Gasteiger partial charge is 0.573 e. The Morgan fingerprint density at radius 3 is 2.03 bits per heavy atom. The van der Waals surface area contributed by atoms with Gasteiger partial charge < -0.3 is 4.74 Å². The van der Waals surface area contributed by atoms with E-state index in [1.807, 2.05) is 6.08 Å². The van der Waals surface area contributed by atoms with Crippen molar-refractivity contribution in [1.82, 2.24) is 0 Å². The molecule has 0 amide bonds. The van der Waals surface area contributed by atoms with E-state index in [0.29, 0.717) is 11.8 Å². The number of halogens is 4. The van der Waals surface area contributed by atoms with Crippen LogP contribution in [0.1, 0.15) is 75.7 Å². The fourth-order valence-corrected chi connectivity index (χ4v) is 5.20. The maximum absolute atomic E-state index is 12.8. The summed E-state index contributed by atoms with van der Waals surface area (Å²) in [5.41, 5.74) is 1.11. The van der Waals surface area contributed by atoms with E-state index in [1.165, 1.54) is 62.8 Å². The Hall–Kier alpha value is -2.29. The minimum atomic E-state index is -4.65. The lowest BCUT2D eigenvalue weighted by Crippen LogP contribution is -2.18. The van der Waals surface area contributed by atoms with Gasteiger partial charge in [0.1, 0.15) is 11.8 Å². The second-order valence-electron chi connectivity index (χ2n) is 9.20. The molecule has 0 unspecified atom stereocenters. The molecule has 2 aliphatic carbocycles. The number of rotatable bonds is 7. The van der Waals surface area contributed by atoms with Crippen molar-refractivity contribution in [3.63, 3.8) is 0 Å². The number of hydrogen-bond acceptors (Lipinski definition) is 2. The molecule has 0 N–H and O–H groups in total. The molecule has 2 aliphatic rings. The van der Waals surface area contributed by atoms with Crippen molar-refractivity contribution in [2.45, 2.75) is 76.5 Å². The highest BCUT2D eigenvalue weighted by molar-refractivity contribution is 5.30. The summed E-state index contributed by atoms with van der Waals surface area (Å²) >= 11 is 0. The first-order valence-corrected chi connectivity index (χ1v) is 11.6. The molecular weight excluding hydrogens is 418 g/mol. The van der Waals surface area contributed by atoms with E-state index in [4.69, 9.17) is 5.26 Å². The van der Waals surface area contributed by atoms with Gasteiger partial charge in [-0.1, -0.05) is 37.1 Å². The lowest BCUT2D eigenvalue weighted by atomic mass is 9.74. The van der Waals surface area contributed by atoms with Crippen molar-refractivity contribution in [2.24, 2.45) is 17.8 Å². The van der Waals surface area contributed by atoms with Crippen LogP contribution in [0, 0.1) is 29.1 Å². The predicted molar refractivity (Wildman–Crippen MR) is 116 cm³/mol. The third-order valence-electron chi connectivity index (χ3n) is 7.04. The summed E-state index contributed by atoms with van der Waals surface area (Å²) in [6.07, 6.45) is 12.0. The highest BCUT2D eigenvalue weighted by Crippen LogP contribution is 2.40. The van der Waals surface area contributed by atoms with E-state index in [0.717, 1.165) is 43.1 Å². The Kier molecular flexibility index (Phi) is 8.78. The van der Waals surface area contributed by atoms with Crippen molar-refractivity contribution < 1.29 is 22.3 Å². The number of benzene rings is 1. The van der Waals surface area contributed by atoms with E-state index < -0.39 is 12.2 Å². The average molecular weight is 450 g/mol. The van der Waals surface area contributed by atoms with Gasteiger partial charge in [-0.25, -0.2) is 0 Å². The first kappa shape index (κ1) is 24.4. The average Bonchev–Trinajstić information content (AvgIpc) is 2.78. The van der Waals surface area contributed by atoms with Crippen molar-refractivity contribution in [1.29, 1.82) is 5.26 Å². The first-order valence-electron chi connectivity index (χ1n) is 11.6. The summed E-state index contributed by atoms with van der Waals surface area (Å²) in [6.45, 7) is 0. The zero-order valence-corrected chi connectivity index (χ0v) is 18.3. The zero-order valence-electron chi connectivity index (χ0n) is 18.3. The summed E-state index contributed by atoms with van der Waals surface area (Å²) in [6, 6.07) is 7.84. The topological polar surface area (TPSA) is 33.0 Å². The van der Waals surface area contributed by atoms with Crippen LogP contribution in [0.4, 0.5) is 17.6 Å². The van der Waals surface area contributed by atoms with Gasteiger partial charge in [-0.15, -0.1) is 13.2 Å². The highest BCUT2D eigenvalue weighted by Gasteiger charge is 2.31. The molecule has 0 atom stereocenters. The Morgan fingerprint density at radius 2 is 1.50 bits per heavy atom. The standard InChI is InChI=1S/C26H31F4NO/c27-24(18-31)3-1-2-19-4-6-20(7-5-19)8-9-21-10-12-22(13-11-21)23-14-16-25(17-15-23)32-26(28,29)30/h1-3,14-17,19-22H,4-13H2/b2-1+,24-3-. The van der Waals surface area contributed by atoms with Gasteiger partial charge in [-0.05, 0) is 98.8 Å². The number of allylic oxidation sites excluding steroid dienone is 4. The zero-order chi connectivity index (χ0) is 23.0. The van der Waals surface area contributed by atoms with E-state index in [9.17, 15) is 17.6 Å². The summed E-state index contributed by atoms with van der Waals surface area (Å²) in [5, 5.41) is 8.42. The smallest absolute Gasteiger partial charge is 0.406 e. The van der Waals surface area contributed by atoms with Crippen molar-refractivity contribution in [3.05, 3.63) is 53.9 Å². The quantitative estimate of drug-likeness (QED) is 0.238. The van der Waals surface area contributed by atoms with E-state index in [-0.39, 0.29) is 5.75 Å².